The van der Waals surface area contributed by atoms with Gasteiger partial charge in [0.25, 0.3) is 5.91 Å². The van der Waals surface area contributed by atoms with E-state index >= 15 is 0 Å². The Morgan fingerprint density at radius 3 is 2.54 bits per heavy atom. The molecule has 4 rings (SSSR count). The molecule has 1 atom stereocenters. The second-order valence-corrected chi connectivity index (χ2v) is 10.8. The molecule has 1 aliphatic heterocycles. The summed E-state index contributed by atoms with van der Waals surface area (Å²) < 4.78 is 58.3. The predicted octanol–water partition coefficient (Wildman–Crippen LogP) is 5.82. The van der Waals surface area contributed by atoms with Gasteiger partial charge in [-0.25, -0.2) is 4.39 Å². The highest BCUT2D eigenvalue weighted by Crippen LogP contribution is 2.33. The Bertz CT molecular complexity index is 1340. The number of alkyl halides is 3. The molecule has 2 amide bonds. The number of carbonyl (C=O) groups excluding carboxylic acids is 2. The summed E-state index contributed by atoms with van der Waals surface area (Å²) in [5.74, 6) is -1.29. The molecule has 0 bridgehead atoms. The Balaban J connectivity index is 1.39. The molecule has 2 heterocycles. The van der Waals surface area contributed by atoms with Crippen molar-refractivity contribution in [1.82, 2.24) is 10.6 Å². The van der Waals surface area contributed by atoms with Crippen molar-refractivity contribution in [3.05, 3.63) is 77.3 Å². The lowest BCUT2D eigenvalue weighted by Gasteiger charge is -2.26. The topological polar surface area (TPSA) is 74.6 Å². The van der Waals surface area contributed by atoms with Crippen LogP contribution in [0.1, 0.15) is 48.9 Å². The number of hydrogen-bond acceptors (Lipinski definition) is 4. The fraction of sp³-hybridized carbons (Fsp3) is 0.379. The number of carbonyl (C=O) groups is 2. The van der Waals surface area contributed by atoms with E-state index in [2.05, 4.69) is 15.5 Å². The van der Waals surface area contributed by atoms with Crippen molar-refractivity contribution in [1.29, 1.82) is 0 Å². The minimum absolute atomic E-state index is 0.105. The molecule has 0 spiro atoms. The van der Waals surface area contributed by atoms with E-state index in [-0.39, 0.29) is 34.2 Å². The number of benzene rings is 2. The van der Waals surface area contributed by atoms with Crippen molar-refractivity contribution < 1.29 is 31.6 Å². The van der Waals surface area contributed by atoms with Crippen LogP contribution in [0.4, 0.5) is 23.2 Å². The molecule has 0 saturated heterocycles. The molecular weight excluding hydrogens is 514 g/mol. The number of hydrogen-bond donors (Lipinski definition) is 2. The Labute approximate surface area is 224 Å². The molecule has 39 heavy (non-hydrogen) atoms. The van der Waals surface area contributed by atoms with E-state index < -0.39 is 23.7 Å². The van der Waals surface area contributed by atoms with Gasteiger partial charge in [-0.15, -0.1) is 0 Å². The van der Waals surface area contributed by atoms with Gasteiger partial charge in [0.15, 0.2) is 5.76 Å². The molecule has 0 saturated carbocycles. The zero-order valence-electron chi connectivity index (χ0n) is 22.0. The average Bonchev–Trinajstić information content (AvgIpc) is 3.50. The molecule has 2 aromatic carbocycles. The molecule has 1 aromatic heterocycles. The fourth-order valence-corrected chi connectivity index (χ4v) is 4.62. The van der Waals surface area contributed by atoms with Gasteiger partial charge in [0.2, 0.25) is 5.91 Å². The van der Waals surface area contributed by atoms with Gasteiger partial charge < -0.3 is 20.0 Å². The van der Waals surface area contributed by atoms with Crippen molar-refractivity contribution in [2.75, 3.05) is 24.5 Å². The lowest BCUT2D eigenvalue weighted by atomic mass is 9.87. The van der Waals surface area contributed by atoms with E-state index in [4.69, 9.17) is 4.42 Å². The summed E-state index contributed by atoms with van der Waals surface area (Å²) in [7, 11) is 0. The van der Waals surface area contributed by atoms with Gasteiger partial charge in [-0.3, -0.25) is 9.59 Å². The lowest BCUT2D eigenvalue weighted by Crippen LogP contribution is -2.49. The number of anilines is 1. The van der Waals surface area contributed by atoms with Gasteiger partial charge in [-0.2, -0.15) is 13.2 Å². The number of amides is 2. The lowest BCUT2D eigenvalue weighted by molar-refractivity contribution is -0.137. The third-order valence-corrected chi connectivity index (χ3v) is 6.46. The minimum Gasteiger partial charge on any atom is -0.451 e. The molecule has 2 N–H and O–H groups in total. The van der Waals surface area contributed by atoms with Crippen LogP contribution in [0.2, 0.25) is 0 Å². The normalized spacial score (nSPS) is 14.2. The van der Waals surface area contributed by atoms with E-state index in [0.29, 0.717) is 19.5 Å². The van der Waals surface area contributed by atoms with Gasteiger partial charge in [-0.05, 0) is 66.3 Å². The summed E-state index contributed by atoms with van der Waals surface area (Å²) in [6.45, 7) is 7.41. The summed E-state index contributed by atoms with van der Waals surface area (Å²) >= 11 is 0. The zero-order chi connectivity index (χ0) is 28.4. The quantitative estimate of drug-likeness (QED) is 0.350. The van der Waals surface area contributed by atoms with Crippen molar-refractivity contribution in [3.63, 3.8) is 0 Å². The molecule has 0 fully saturated rings. The Kier molecular flexibility index (Phi) is 8.04. The molecule has 208 valence electrons. The Morgan fingerprint density at radius 2 is 1.82 bits per heavy atom. The maximum Gasteiger partial charge on any atom is 0.416 e. The van der Waals surface area contributed by atoms with Gasteiger partial charge in [0.05, 0.1) is 5.56 Å². The van der Waals surface area contributed by atoms with Crippen molar-refractivity contribution >= 4 is 17.5 Å². The van der Waals surface area contributed by atoms with Crippen LogP contribution in [0.3, 0.4) is 0 Å². The molecule has 0 unspecified atom stereocenters. The fourth-order valence-electron chi connectivity index (χ4n) is 4.62. The van der Waals surface area contributed by atoms with Gasteiger partial charge in [-0.1, -0.05) is 32.9 Å². The van der Waals surface area contributed by atoms with Crippen LogP contribution in [0.5, 0.6) is 0 Å². The molecule has 3 aromatic rings. The van der Waals surface area contributed by atoms with E-state index in [1.165, 1.54) is 36.4 Å². The zero-order valence-corrected chi connectivity index (χ0v) is 22.0. The van der Waals surface area contributed by atoms with Crippen molar-refractivity contribution in [2.45, 2.75) is 45.8 Å². The van der Waals surface area contributed by atoms with Gasteiger partial charge in [0.1, 0.15) is 17.6 Å². The molecule has 10 heteroatoms. The molecular formula is C29H31F4N3O3. The van der Waals surface area contributed by atoms with Crippen LogP contribution in [0.25, 0.3) is 11.3 Å². The third kappa shape index (κ3) is 7.19. The van der Waals surface area contributed by atoms with E-state index in [1.807, 2.05) is 20.8 Å². The highest BCUT2D eigenvalue weighted by Gasteiger charge is 2.31. The third-order valence-electron chi connectivity index (χ3n) is 6.46. The molecule has 6 nitrogen and oxygen atoms in total. The largest absolute Gasteiger partial charge is 0.451 e. The van der Waals surface area contributed by atoms with Crippen molar-refractivity contribution in [3.8, 4) is 11.3 Å². The number of halogens is 4. The second kappa shape index (κ2) is 11.1. The standard InChI is InChI=1S/C29H31F4N3O3/c1-28(2,3)17-22(26(37)34-12-14-36-13-11-18-16-21(30)7-8-23(18)36)35-27(38)25-10-9-24(39-25)19-5-4-6-20(15-19)29(31,32)33/h4-10,15-16,22H,11-14,17H2,1-3H3,(H,34,37)(H,35,38)/t22-/m0/s1. The monoisotopic (exact) mass is 545 g/mol. The van der Waals surface area contributed by atoms with E-state index in [1.54, 1.807) is 6.07 Å². The first-order valence-corrected chi connectivity index (χ1v) is 12.7. The summed E-state index contributed by atoms with van der Waals surface area (Å²) in [6, 6.07) is 11.2. The average molecular weight is 546 g/mol. The maximum atomic E-state index is 13.5. The Morgan fingerprint density at radius 1 is 1.05 bits per heavy atom. The molecule has 0 radical (unpaired) electrons. The number of furan rings is 1. The predicted molar refractivity (Wildman–Crippen MR) is 140 cm³/mol. The van der Waals surface area contributed by atoms with Crippen molar-refractivity contribution in [2.24, 2.45) is 5.41 Å². The minimum atomic E-state index is -4.51. The highest BCUT2D eigenvalue weighted by molar-refractivity contribution is 5.96. The van der Waals surface area contributed by atoms with E-state index in [0.717, 1.165) is 36.3 Å². The van der Waals surface area contributed by atoms with Gasteiger partial charge >= 0.3 is 6.18 Å². The first-order chi connectivity index (χ1) is 18.3. The van der Waals surface area contributed by atoms with Crippen LogP contribution in [-0.2, 0) is 17.4 Å². The maximum absolute atomic E-state index is 13.5. The number of rotatable bonds is 8. The van der Waals surface area contributed by atoms with Crippen LogP contribution in [0, 0.1) is 11.2 Å². The first-order valence-electron chi connectivity index (χ1n) is 12.7. The number of nitrogens with one attached hydrogen (secondary N) is 2. The smallest absolute Gasteiger partial charge is 0.416 e. The summed E-state index contributed by atoms with van der Waals surface area (Å²) in [6.07, 6.45) is -3.43. The summed E-state index contributed by atoms with van der Waals surface area (Å²) in [5, 5.41) is 5.59. The van der Waals surface area contributed by atoms with Crippen LogP contribution in [-0.4, -0.2) is 37.5 Å². The SMILES string of the molecule is CC(C)(C)C[C@H](NC(=O)c1ccc(-c2cccc(C(F)(F)F)c2)o1)C(=O)NCCN1CCc2cc(F)ccc21. The molecule has 1 aliphatic rings. The summed E-state index contributed by atoms with van der Waals surface area (Å²) in [5.41, 5.74) is 0.939. The highest BCUT2D eigenvalue weighted by atomic mass is 19.4. The number of fused-ring (bicyclic) bond motifs is 1. The first kappa shape index (κ1) is 28.2. The molecule has 0 aliphatic carbocycles. The Hall–Kier alpha value is -3.82. The van der Waals surface area contributed by atoms with Gasteiger partial charge in [0, 0.05) is 30.9 Å². The summed E-state index contributed by atoms with van der Waals surface area (Å²) in [4.78, 5) is 28.1. The van der Waals surface area contributed by atoms with Crippen LogP contribution in [0.15, 0.2) is 59.0 Å². The number of nitrogens with zero attached hydrogens (tertiary/aromatic N) is 1. The second-order valence-electron chi connectivity index (χ2n) is 10.8. The van der Waals surface area contributed by atoms with E-state index in [9.17, 15) is 27.2 Å². The van der Waals surface area contributed by atoms with Crippen LogP contribution >= 0.6 is 0 Å². The van der Waals surface area contributed by atoms with Crippen LogP contribution < -0.4 is 15.5 Å².